The van der Waals surface area contributed by atoms with E-state index in [0.717, 1.165) is 27.7 Å². The lowest BCUT2D eigenvalue weighted by Crippen LogP contribution is -2.11. The Morgan fingerprint density at radius 3 is 2.38 bits per heavy atom. The van der Waals surface area contributed by atoms with Crippen LogP contribution in [0.5, 0.6) is 11.6 Å². The highest BCUT2D eigenvalue weighted by Gasteiger charge is 2.12. The highest BCUT2D eigenvalue weighted by atomic mass is 16.5. The van der Waals surface area contributed by atoms with Crippen LogP contribution in [-0.2, 0) is 0 Å². The van der Waals surface area contributed by atoms with Gasteiger partial charge in [-0.05, 0) is 73.5 Å². The zero-order valence-electron chi connectivity index (χ0n) is 19.1. The Balaban J connectivity index is 1.29. The predicted molar refractivity (Wildman–Crippen MR) is 132 cm³/mol. The van der Waals surface area contributed by atoms with Gasteiger partial charge in [0.15, 0.2) is 5.82 Å². The molecule has 0 atom stereocenters. The molecule has 0 saturated carbocycles. The van der Waals surface area contributed by atoms with Crippen LogP contribution < -0.4 is 10.1 Å². The molecule has 3 aromatic carbocycles. The minimum atomic E-state index is -0.167. The maximum absolute atomic E-state index is 12.7. The van der Waals surface area contributed by atoms with E-state index >= 15 is 0 Å². The fourth-order valence-electron chi connectivity index (χ4n) is 3.71. The normalized spacial score (nSPS) is 10.9. The summed E-state index contributed by atoms with van der Waals surface area (Å²) in [5.41, 5.74) is 4.38. The van der Waals surface area contributed by atoms with Crippen molar-refractivity contribution in [2.45, 2.75) is 20.8 Å². The summed E-state index contributed by atoms with van der Waals surface area (Å²) in [6.45, 7) is 6.01. The number of benzene rings is 3. The molecule has 0 spiro atoms. The molecule has 34 heavy (non-hydrogen) atoms. The third-order valence-corrected chi connectivity index (χ3v) is 5.84. The van der Waals surface area contributed by atoms with Gasteiger partial charge in [0.1, 0.15) is 12.1 Å². The van der Waals surface area contributed by atoms with Gasteiger partial charge in [-0.25, -0.2) is 14.6 Å². The summed E-state index contributed by atoms with van der Waals surface area (Å²) in [5.74, 6) is 1.47. The van der Waals surface area contributed by atoms with Gasteiger partial charge in [-0.15, -0.1) is 0 Å². The number of anilines is 1. The number of fused-ring (bicyclic) bond motifs is 1. The lowest BCUT2D eigenvalue weighted by molar-refractivity contribution is 0.102. The van der Waals surface area contributed by atoms with E-state index in [-0.39, 0.29) is 5.91 Å². The molecule has 2 heterocycles. The summed E-state index contributed by atoms with van der Waals surface area (Å²) in [4.78, 5) is 21.2. The number of aryl methyl sites for hydroxylation is 1. The number of ether oxygens (including phenoxy) is 1. The molecule has 7 heteroatoms. The van der Waals surface area contributed by atoms with Crippen LogP contribution in [0.1, 0.15) is 27.3 Å². The summed E-state index contributed by atoms with van der Waals surface area (Å²) in [5, 5.41) is 9.59. The molecular weight excluding hydrogens is 426 g/mol. The molecule has 1 N–H and O–H groups in total. The van der Waals surface area contributed by atoms with Crippen molar-refractivity contribution in [3.63, 3.8) is 0 Å². The van der Waals surface area contributed by atoms with Crippen molar-refractivity contribution in [3.05, 3.63) is 102 Å². The lowest BCUT2D eigenvalue weighted by atomic mass is 10.1. The minimum absolute atomic E-state index is 0.167. The van der Waals surface area contributed by atoms with E-state index in [2.05, 4.69) is 20.4 Å². The third kappa shape index (κ3) is 4.23. The van der Waals surface area contributed by atoms with Crippen LogP contribution in [0.4, 0.5) is 5.69 Å². The van der Waals surface area contributed by atoms with Crippen LogP contribution in [0.3, 0.4) is 0 Å². The van der Waals surface area contributed by atoms with Crippen molar-refractivity contribution in [2.24, 2.45) is 0 Å². The summed E-state index contributed by atoms with van der Waals surface area (Å²) >= 11 is 0. The van der Waals surface area contributed by atoms with Crippen LogP contribution in [-0.4, -0.2) is 25.7 Å². The van der Waals surface area contributed by atoms with Gasteiger partial charge in [-0.2, -0.15) is 5.10 Å². The molecule has 0 radical (unpaired) electrons. The monoisotopic (exact) mass is 449 g/mol. The highest BCUT2D eigenvalue weighted by Crippen LogP contribution is 2.24. The molecule has 5 rings (SSSR count). The SMILES string of the molecule is Cc1nn(-c2cc(Oc3ccc(NC(=O)c4ccc5ccccc5c4)cc3)ncn2)c(C)c1C. The molecule has 168 valence electrons. The van der Waals surface area contributed by atoms with Gasteiger partial charge in [0.05, 0.1) is 5.69 Å². The number of nitrogens with one attached hydrogen (secondary N) is 1. The summed E-state index contributed by atoms with van der Waals surface area (Å²) in [6, 6.07) is 22.5. The first-order valence-corrected chi connectivity index (χ1v) is 10.9. The molecule has 0 aliphatic rings. The Kier molecular flexibility index (Phi) is 5.51. The number of carbonyl (C=O) groups is 1. The van der Waals surface area contributed by atoms with Gasteiger partial charge in [-0.1, -0.05) is 30.3 Å². The number of rotatable bonds is 5. The second-order valence-corrected chi connectivity index (χ2v) is 8.06. The van der Waals surface area contributed by atoms with E-state index in [4.69, 9.17) is 4.74 Å². The van der Waals surface area contributed by atoms with E-state index < -0.39 is 0 Å². The second-order valence-electron chi connectivity index (χ2n) is 8.06. The standard InChI is InChI=1S/C27H23N5O2/c1-17-18(2)31-32(19(17)3)25-15-26(29-16-28-25)34-24-12-10-23(11-13-24)30-27(33)22-9-8-20-6-4-5-7-21(20)14-22/h4-16H,1-3H3,(H,30,33). The summed E-state index contributed by atoms with van der Waals surface area (Å²) in [6.07, 6.45) is 1.45. The van der Waals surface area contributed by atoms with Crippen molar-refractivity contribution < 1.29 is 9.53 Å². The Labute approximate surface area is 197 Å². The van der Waals surface area contributed by atoms with Gasteiger partial charge in [0, 0.05) is 23.0 Å². The molecule has 0 unspecified atom stereocenters. The van der Waals surface area contributed by atoms with E-state index in [1.165, 1.54) is 6.33 Å². The largest absolute Gasteiger partial charge is 0.439 e. The first kappa shape index (κ1) is 21.3. The van der Waals surface area contributed by atoms with Crippen molar-refractivity contribution >= 4 is 22.4 Å². The van der Waals surface area contributed by atoms with Gasteiger partial charge in [0.2, 0.25) is 5.88 Å². The quantitative estimate of drug-likeness (QED) is 0.367. The van der Waals surface area contributed by atoms with E-state index in [1.807, 2.05) is 63.2 Å². The number of nitrogens with zero attached hydrogens (tertiary/aromatic N) is 4. The first-order chi connectivity index (χ1) is 16.5. The molecule has 7 nitrogen and oxygen atoms in total. The zero-order valence-corrected chi connectivity index (χ0v) is 19.1. The topological polar surface area (TPSA) is 81.9 Å². The smallest absolute Gasteiger partial charge is 0.255 e. The van der Waals surface area contributed by atoms with E-state index in [0.29, 0.717) is 28.7 Å². The van der Waals surface area contributed by atoms with Gasteiger partial charge in [-0.3, -0.25) is 4.79 Å². The maximum atomic E-state index is 12.7. The van der Waals surface area contributed by atoms with Crippen molar-refractivity contribution in [3.8, 4) is 17.4 Å². The van der Waals surface area contributed by atoms with Crippen LogP contribution in [0.2, 0.25) is 0 Å². The fraction of sp³-hybridized carbons (Fsp3) is 0.111. The molecule has 2 aromatic heterocycles. The van der Waals surface area contributed by atoms with Crippen molar-refractivity contribution in [1.29, 1.82) is 0 Å². The van der Waals surface area contributed by atoms with Gasteiger partial charge < -0.3 is 10.1 Å². The molecule has 5 aromatic rings. The predicted octanol–water partition coefficient (Wildman–Crippen LogP) is 5.79. The fourth-order valence-corrected chi connectivity index (χ4v) is 3.71. The molecule has 0 aliphatic carbocycles. The minimum Gasteiger partial charge on any atom is -0.439 e. The lowest BCUT2D eigenvalue weighted by Gasteiger charge is -2.09. The van der Waals surface area contributed by atoms with E-state index in [1.54, 1.807) is 35.0 Å². The molecule has 0 bridgehead atoms. The molecule has 0 saturated heterocycles. The molecule has 1 amide bonds. The number of hydrogen-bond acceptors (Lipinski definition) is 5. The molecular formula is C27H23N5O2. The van der Waals surface area contributed by atoms with Gasteiger partial charge >= 0.3 is 0 Å². The zero-order chi connectivity index (χ0) is 23.7. The van der Waals surface area contributed by atoms with Gasteiger partial charge in [0.25, 0.3) is 5.91 Å². The summed E-state index contributed by atoms with van der Waals surface area (Å²) < 4.78 is 7.69. The molecule has 0 fully saturated rings. The van der Waals surface area contributed by atoms with Crippen LogP contribution >= 0.6 is 0 Å². The third-order valence-electron chi connectivity index (χ3n) is 5.84. The van der Waals surface area contributed by atoms with Crippen molar-refractivity contribution in [2.75, 3.05) is 5.32 Å². The number of hydrogen-bond donors (Lipinski definition) is 1. The number of carbonyl (C=O) groups excluding carboxylic acids is 1. The van der Waals surface area contributed by atoms with E-state index in [9.17, 15) is 4.79 Å². The second kappa shape index (κ2) is 8.78. The van der Waals surface area contributed by atoms with Crippen LogP contribution in [0, 0.1) is 20.8 Å². The Morgan fingerprint density at radius 2 is 1.65 bits per heavy atom. The summed E-state index contributed by atoms with van der Waals surface area (Å²) in [7, 11) is 0. The van der Waals surface area contributed by atoms with Crippen LogP contribution in [0.15, 0.2) is 79.1 Å². The maximum Gasteiger partial charge on any atom is 0.255 e. The first-order valence-electron chi connectivity index (χ1n) is 10.9. The van der Waals surface area contributed by atoms with Crippen molar-refractivity contribution in [1.82, 2.24) is 19.7 Å². The van der Waals surface area contributed by atoms with Crippen LogP contribution in [0.25, 0.3) is 16.6 Å². The Hall–Kier alpha value is -4.52. The average Bonchev–Trinajstić information content (AvgIpc) is 3.12. The average molecular weight is 450 g/mol. The highest BCUT2D eigenvalue weighted by molar-refractivity contribution is 6.06. The molecule has 0 aliphatic heterocycles. The number of amides is 1. The Bertz CT molecular complexity index is 1510. The number of aromatic nitrogens is 4. The Morgan fingerprint density at radius 1 is 0.882 bits per heavy atom.